The Bertz CT molecular complexity index is 940. The number of imidazole rings is 1. The Kier molecular flexibility index (Phi) is 6.49. The zero-order valence-electron chi connectivity index (χ0n) is 17.5. The predicted molar refractivity (Wildman–Crippen MR) is 118 cm³/mol. The van der Waals surface area contributed by atoms with Crippen molar-refractivity contribution in [1.82, 2.24) is 14.9 Å². The van der Waals surface area contributed by atoms with E-state index in [9.17, 15) is 4.79 Å². The molecular weight excluding hydrogens is 360 g/mol. The number of nitrogens with zero attached hydrogens (tertiary/aromatic N) is 2. The average molecular weight is 391 g/mol. The molecule has 0 saturated heterocycles. The maximum atomic E-state index is 11.7. The minimum Gasteiger partial charge on any atom is -0.369 e. The van der Waals surface area contributed by atoms with Crippen LogP contribution >= 0.6 is 0 Å². The van der Waals surface area contributed by atoms with Gasteiger partial charge in [-0.2, -0.15) is 0 Å². The van der Waals surface area contributed by atoms with Crippen LogP contribution in [0.2, 0.25) is 0 Å². The highest BCUT2D eigenvalue weighted by molar-refractivity contribution is 5.81. The van der Waals surface area contributed by atoms with Gasteiger partial charge in [0, 0.05) is 23.2 Å². The molecular formula is C24H30N4O. The van der Waals surface area contributed by atoms with E-state index in [0.29, 0.717) is 5.82 Å². The summed E-state index contributed by atoms with van der Waals surface area (Å²) in [7, 11) is 0. The molecule has 3 N–H and O–H groups in total. The third-order valence-electron chi connectivity index (χ3n) is 4.69. The molecule has 0 radical (unpaired) electrons. The number of benzene rings is 2. The van der Waals surface area contributed by atoms with E-state index < -0.39 is 0 Å². The van der Waals surface area contributed by atoms with Gasteiger partial charge in [-0.25, -0.2) is 4.98 Å². The molecule has 0 fully saturated rings. The van der Waals surface area contributed by atoms with Gasteiger partial charge < -0.3 is 15.6 Å². The number of nitrogens with one attached hydrogen (secondary N) is 1. The first-order chi connectivity index (χ1) is 13.8. The molecule has 5 heteroatoms. The second kappa shape index (κ2) is 9.05. The van der Waals surface area contributed by atoms with Crippen molar-refractivity contribution in [2.75, 3.05) is 6.54 Å². The van der Waals surface area contributed by atoms with Crippen molar-refractivity contribution >= 4 is 5.91 Å². The highest BCUT2D eigenvalue weighted by atomic mass is 16.1. The number of hydrogen-bond donors (Lipinski definition) is 2. The molecule has 3 rings (SSSR count). The van der Waals surface area contributed by atoms with Gasteiger partial charge in [-0.05, 0) is 33.7 Å². The van der Waals surface area contributed by atoms with Crippen LogP contribution in [0.3, 0.4) is 0 Å². The van der Waals surface area contributed by atoms with E-state index >= 15 is 0 Å². The number of nitrogens with two attached hydrogens (primary N) is 1. The molecule has 1 heterocycles. The summed E-state index contributed by atoms with van der Waals surface area (Å²) in [6.07, 6.45) is 1.05. The Morgan fingerprint density at radius 1 is 1.00 bits per heavy atom. The van der Waals surface area contributed by atoms with Gasteiger partial charge in [0.25, 0.3) is 0 Å². The molecule has 2 aromatic carbocycles. The number of carbonyl (C=O) groups excluding carboxylic acids is 1. The van der Waals surface area contributed by atoms with Gasteiger partial charge in [0.05, 0.1) is 17.8 Å². The third kappa shape index (κ3) is 5.55. The number of hydrogen-bond acceptors (Lipinski definition) is 3. The molecule has 0 saturated carbocycles. The Morgan fingerprint density at radius 2 is 1.59 bits per heavy atom. The molecule has 0 aliphatic heterocycles. The molecule has 5 nitrogen and oxygen atoms in total. The summed E-state index contributed by atoms with van der Waals surface area (Å²) >= 11 is 0. The summed E-state index contributed by atoms with van der Waals surface area (Å²) in [6, 6.07) is 20.3. The molecule has 0 aliphatic carbocycles. The molecule has 29 heavy (non-hydrogen) atoms. The predicted octanol–water partition coefficient (Wildman–Crippen LogP) is 4.02. The molecule has 0 aliphatic rings. The van der Waals surface area contributed by atoms with Crippen LogP contribution < -0.4 is 11.1 Å². The van der Waals surface area contributed by atoms with Gasteiger partial charge >= 0.3 is 0 Å². The van der Waals surface area contributed by atoms with E-state index in [-0.39, 0.29) is 17.9 Å². The maximum absolute atomic E-state index is 11.7. The zero-order chi connectivity index (χ0) is 20.9. The number of rotatable bonds is 8. The summed E-state index contributed by atoms with van der Waals surface area (Å²) in [5.41, 5.74) is 9.64. The summed E-state index contributed by atoms with van der Waals surface area (Å²) < 4.78 is 2.16. The van der Waals surface area contributed by atoms with Crippen LogP contribution in [0.1, 0.15) is 33.0 Å². The number of primary amides is 1. The lowest BCUT2D eigenvalue weighted by molar-refractivity contribution is -0.117. The van der Waals surface area contributed by atoms with Gasteiger partial charge in [0.15, 0.2) is 0 Å². The number of amides is 1. The van der Waals surface area contributed by atoms with Crippen LogP contribution in [-0.4, -0.2) is 27.5 Å². The molecule has 0 spiro atoms. The quantitative estimate of drug-likeness (QED) is 0.571. The SMILES string of the molecule is CC(C)(C)NCCCn1c(CC(N)=O)nc(-c2ccccc2)c1-c1ccccc1. The fraction of sp³-hybridized carbons (Fsp3) is 0.333. The first-order valence-corrected chi connectivity index (χ1v) is 10.1. The lowest BCUT2D eigenvalue weighted by Gasteiger charge is -2.21. The largest absolute Gasteiger partial charge is 0.369 e. The second-order valence-corrected chi connectivity index (χ2v) is 8.28. The van der Waals surface area contributed by atoms with Crippen molar-refractivity contribution in [1.29, 1.82) is 0 Å². The monoisotopic (exact) mass is 390 g/mol. The summed E-state index contributed by atoms with van der Waals surface area (Å²) in [5, 5.41) is 3.52. The summed E-state index contributed by atoms with van der Waals surface area (Å²) in [6.45, 7) is 8.12. The van der Waals surface area contributed by atoms with Gasteiger partial charge in [-0.1, -0.05) is 60.7 Å². The first kappa shape index (κ1) is 20.8. The minimum absolute atomic E-state index is 0.0719. The zero-order valence-corrected chi connectivity index (χ0v) is 17.5. The summed E-state index contributed by atoms with van der Waals surface area (Å²) in [5.74, 6) is 0.342. The molecule has 1 amide bonds. The van der Waals surface area contributed by atoms with E-state index in [1.54, 1.807) is 0 Å². The normalized spacial score (nSPS) is 11.6. The fourth-order valence-corrected chi connectivity index (χ4v) is 3.42. The van der Waals surface area contributed by atoms with Crippen LogP contribution in [0.5, 0.6) is 0 Å². The van der Waals surface area contributed by atoms with Crippen molar-refractivity contribution < 1.29 is 4.79 Å². The third-order valence-corrected chi connectivity index (χ3v) is 4.69. The summed E-state index contributed by atoms with van der Waals surface area (Å²) in [4.78, 5) is 16.6. The first-order valence-electron chi connectivity index (χ1n) is 10.1. The highest BCUT2D eigenvalue weighted by Crippen LogP contribution is 2.33. The minimum atomic E-state index is -0.372. The second-order valence-electron chi connectivity index (χ2n) is 8.28. The van der Waals surface area contributed by atoms with E-state index in [0.717, 1.165) is 42.0 Å². The maximum Gasteiger partial charge on any atom is 0.225 e. The van der Waals surface area contributed by atoms with Crippen LogP contribution in [0, 0.1) is 0 Å². The number of aromatic nitrogens is 2. The van der Waals surface area contributed by atoms with E-state index in [1.807, 2.05) is 48.5 Å². The fourth-order valence-electron chi connectivity index (χ4n) is 3.42. The smallest absolute Gasteiger partial charge is 0.225 e. The van der Waals surface area contributed by atoms with Crippen LogP contribution in [0.25, 0.3) is 22.5 Å². The van der Waals surface area contributed by atoms with Crippen molar-refractivity contribution in [3.63, 3.8) is 0 Å². The lowest BCUT2D eigenvalue weighted by atomic mass is 10.0. The molecule has 3 aromatic rings. The Morgan fingerprint density at radius 3 is 2.14 bits per heavy atom. The van der Waals surface area contributed by atoms with Crippen molar-refractivity contribution in [2.24, 2.45) is 5.73 Å². The average Bonchev–Trinajstić information content (AvgIpc) is 3.03. The highest BCUT2D eigenvalue weighted by Gasteiger charge is 2.21. The van der Waals surface area contributed by atoms with E-state index in [1.165, 1.54) is 0 Å². The Balaban J connectivity index is 2.05. The van der Waals surface area contributed by atoms with E-state index in [2.05, 4.69) is 42.8 Å². The molecule has 152 valence electrons. The molecule has 0 atom stereocenters. The van der Waals surface area contributed by atoms with Crippen LogP contribution in [-0.2, 0) is 17.8 Å². The van der Waals surface area contributed by atoms with E-state index in [4.69, 9.17) is 10.7 Å². The Hall–Kier alpha value is -2.92. The van der Waals surface area contributed by atoms with Crippen LogP contribution in [0.4, 0.5) is 0 Å². The van der Waals surface area contributed by atoms with Gasteiger partial charge in [-0.3, -0.25) is 4.79 Å². The Labute approximate surface area is 173 Å². The topological polar surface area (TPSA) is 72.9 Å². The lowest BCUT2D eigenvalue weighted by Crippen LogP contribution is -2.36. The van der Waals surface area contributed by atoms with Crippen molar-refractivity contribution in [2.45, 2.75) is 45.7 Å². The molecule has 0 unspecified atom stereocenters. The number of carbonyl (C=O) groups is 1. The van der Waals surface area contributed by atoms with Crippen molar-refractivity contribution in [3.8, 4) is 22.5 Å². The molecule has 0 bridgehead atoms. The van der Waals surface area contributed by atoms with Gasteiger partial charge in [0.1, 0.15) is 5.82 Å². The van der Waals surface area contributed by atoms with Gasteiger partial charge in [0.2, 0.25) is 5.91 Å². The standard InChI is InChI=1S/C24H30N4O/c1-24(2,3)26-15-10-16-28-21(17-20(25)29)27-22(18-11-6-4-7-12-18)23(28)19-13-8-5-9-14-19/h4-9,11-14,26H,10,15-17H2,1-3H3,(H2,25,29). The van der Waals surface area contributed by atoms with Gasteiger partial charge in [-0.15, -0.1) is 0 Å². The van der Waals surface area contributed by atoms with Crippen LogP contribution in [0.15, 0.2) is 60.7 Å². The van der Waals surface area contributed by atoms with Crippen molar-refractivity contribution in [3.05, 3.63) is 66.5 Å². The molecule has 1 aromatic heterocycles.